The number of H-pyrrole nitrogens is 1. The minimum Gasteiger partial charge on any atom is -0.369 e. The summed E-state index contributed by atoms with van der Waals surface area (Å²) < 4.78 is 0. The highest BCUT2D eigenvalue weighted by molar-refractivity contribution is 5.62. The maximum absolute atomic E-state index is 11.6. The van der Waals surface area contributed by atoms with E-state index in [1.54, 1.807) is 6.20 Å². The summed E-state index contributed by atoms with van der Waals surface area (Å²) in [5.41, 5.74) is 9.21. The van der Waals surface area contributed by atoms with Crippen molar-refractivity contribution in [2.45, 2.75) is 13.8 Å². The third kappa shape index (κ3) is 3.64. The first kappa shape index (κ1) is 17.9. The monoisotopic (exact) mass is 378 g/mol. The van der Waals surface area contributed by atoms with Crippen LogP contribution in [0, 0.1) is 13.8 Å². The van der Waals surface area contributed by atoms with Crippen molar-refractivity contribution < 1.29 is 0 Å². The van der Waals surface area contributed by atoms with Gasteiger partial charge in [-0.05, 0) is 32.0 Å². The summed E-state index contributed by atoms with van der Waals surface area (Å²) in [6.07, 6.45) is 1.78. The predicted octanol–water partition coefficient (Wildman–Crippen LogP) is 1.15. The zero-order valence-corrected chi connectivity index (χ0v) is 15.9. The van der Waals surface area contributed by atoms with E-state index < -0.39 is 0 Å². The molecule has 1 saturated heterocycles. The number of nitrogens with one attached hydrogen (secondary N) is 1. The number of hydrogen-bond acceptors (Lipinski definition) is 8. The molecule has 9 nitrogen and oxygen atoms in total. The Bertz CT molecular complexity index is 1060. The molecule has 4 heterocycles. The van der Waals surface area contributed by atoms with Gasteiger partial charge in [0.05, 0.1) is 5.69 Å². The average Bonchev–Trinajstić information content (AvgIpc) is 2.67. The molecule has 3 N–H and O–H groups in total. The third-order valence-corrected chi connectivity index (χ3v) is 4.78. The second-order valence-corrected chi connectivity index (χ2v) is 6.79. The van der Waals surface area contributed by atoms with Gasteiger partial charge >= 0.3 is 0 Å². The first-order valence-corrected chi connectivity index (χ1v) is 9.14. The van der Waals surface area contributed by atoms with E-state index in [2.05, 4.69) is 24.8 Å². The lowest BCUT2D eigenvalue weighted by molar-refractivity contribution is 0.634. The SMILES string of the molecule is Cc1ccc(-c2ccnc(N3CCN(c4cc(=O)[nH]c(N)n4)CC3)n2)c(C)n1. The number of pyridine rings is 1. The minimum absolute atomic E-state index is 0.128. The lowest BCUT2D eigenvalue weighted by Crippen LogP contribution is -2.47. The Kier molecular flexibility index (Phi) is 4.64. The largest absolute Gasteiger partial charge is 0.369 e. The lowest BCUT2D eigenvalue weighted by atomic mass is 10.1. The smallest absolute Gasteiger partial charge is 0.254 e. The van der Waals surface area contributed by atoms with Gasteiger partial charge in [0, 0.05) is 55.4 Å². The quantitative estimate of drug-likeness (QED) is 0.697. The summed E-state index contributed by atoms with van der Waals surface area (Å²) in [7, 11) is 0. The molecule has 0 bridgehead atoms. The zero-order valence-electron chi connectivity index (χ0n) is 15.9. The number of nitrogens with zero attached hydrogens (tertiary/aromatic N) is 6. The molecule has 3 aromatic rings. The molecular weight excluding hydrogens is 356 g/mol. The van der Waals surface area contributed by atoms with Crippen molar-refractivity contribution in [3.05, 3.63) is 52.2 Å². The van der Waals surface area contributed by atoms with Gasteiger partial charge in [0.2, 0.25) is 11.9 Å². The van der Waals surface area contributed by atoms with E-state index in [-0.39, 0.29) is 11.5 Å². The van der Waals surface area contributed by atoms with Crippen LogP contribution in [0.15, 0.2) is 35.3 Å². The van der Waals surface area contributed by atoms with Crippen LogP contribution in [0.25, 0.3) is 11.3 Å². The molecule has 0 aliphatic carbocycles. The van der Waals surface area contributed by atoms with Crippen molar-refractivity contribution in [3.63, 3.8) is 0 Å². The average molecular weight is 378 g/mol. The Balaban J connectivity index is 1.51. The second kappa shape index (κ2) is 7.26. The lowest BCUT2D eigenvalue weighted by Gasteiger charge is -2.35. The first-order chi connectivity index (χ1) is 13.5. The van der Waals surface area contributed by atoms with Crippen molar-refractivity contribution in [3.8, 4) is 11.3 Å². The normalized spacial score (nSPS) is 14.4. The van der Waals surface area contributed by atoms with Gasteiger partial charge in [-0.1, -0.05) is 0 Å². The molecule has 28 heavy (non-hydrogen) atoms. The number of aromatic amines is 1. The number of nitrogen functional groups attached to an aromatic ring is 1. The number of aryl methyl sites for hydroxylation is 2. The van der Waals surface area contributed by atoms with Gasteiger partial charge < -0.3 is 15.5 Å². The predicted molar refractivity (Wildman–Crippen MR) is 108 cm³/mol. The Morgan fingerprint density at radius 2 is 1.75 bits per heavy atom. The number of hydrogen-bond donors (Lipinski definition) is 2. The summed E-state index contributed by atoms with van der Waals surface area (Å²) >= 11 is 0. The van der Waals surface area contributed by atoms with E-state index in [9.17, 15) is 4.79 Å². The van der Waals surface area contributed by atoms with E-state index in [0.29, 0.717) is 24.9 Å². The van der Waals surface area contributed by atoms with Crippen molar-refractivity contribution in [1.29, 1.82) is 0 Å². The van der Waals surface area contributed by atoms with Gasteiger partial charge in [-0.2, -0.15) is 4.98 Å². The van der Waals surface area contributed by atoms with E-state index in [1.165, 1.54) is 6.07 Å². The van der Waals surface area contributed by atoms with Crippen LogP contribution in [0.5, 0.6) is 0 Å². The number of piperazine rings is 1. The zero-order chi connectivity index (χ0) is 19.7. The third-order valence-electron chi connectivity index (χ3n) is 4.78. The second-order valence-electron chi connectivity index (χ2n) is 6.79. The van der Waals surface area contributed by atoms with Crippen LogP contribution in [0.4, 0.5) is 17.7 Å². The van der Waals surface area contributed by atoms with Gasteiger partial charge in [-0.15, -0.1) is 0 Å². The number of nitrogens with two attached hydrogens (primary N) is 1. The Morgan fingerprint density at radius 3 is 2.46 bits per heavy atom. The Labute approximate surface area is 162 Å². The highest BCUT2D eigenvalue weighted by Gasteiger charge is 2.21. The molecular formula is C19H22N8O. The maximum atomic E-state index is 11.6. The molecule has 0 saturated carbocycles. The highest BCUT2D eigenvalue weighted by Crippen LogP contribution is 2.23. The van der Waals surface area contributed by atoms with Crippen LogP contribution in [-0.2, 0) is 0 Å². The van der Waals surface area contributed by atoms with Crippen molar-refractivity contribution in [2.75, 3.05) is 41.7 Å². The van der Waals surface area contributed by atoms with E-state index in [4.69, 9.17) is 10.7 Å². The molecule has 3 aromatic heterocycles. The molecule has 0 aromatic carbocycles. The molecule has 0 unspecified atom stereocenters. The number of aromatic nitrogens is 5. The molecule has 0 amide bonds. The molecule has 0 spiro atoms. The standard InChI is InChI=1S/C19H22N8O/c1-12-3-4-14(13(2)22-12)15-5-6-21-19(23-15)27-9-7-26(8-10-27)16-11-17(28)25-18(20)24-16/h3-6,11H,7-10H2,1-2H3,(H3,20,24,25,28). The van der Waals surface area contributed by atoms with Crippen LogP contribution in [0.2, 0.25) is 0 Å². The summed E-state index contributed by atoms with van der Waals surface area (Å²) in [6.45, 7) is 6.82. The Hall–Kier alpha value is -3.49. The van der Waals surface area contributed by atoms with Gasteiger partial charge in [0.1, 0.15) is 5.82 Å². The van der Waals surface area contributed by atoms with E-state index >= 15 is 0 Å². The molecule has 144 valence electrons. The topological polar surface area (TPSA) is 117 Å². The van der Waals surface area contributed by atoms with Gasteiger partial charge in [0.15, 0.2) is 0 Å². The van der Waals surface area contributed by atoms with Crippen LogP contribution in [0.3, 0.4) is 0 Å². The molecule has 0 atom stereocenters. The van der Waals surface area contributed by atoms with Crippen molar-refractivity contribution in [1.82, 2.24) is 24.9 Å². The van der Waals surface area contributed by atoms with Crippen LogP contribution < -0.4 is 21.1 Å². The van der Waals surface area contributed by atoms with Crippen LogP contribution >= 0.6 is 0 Å². The van der Waals surface area contributed by atoms with Gasteiger partial charge in [-0.25, -0.2) is 9.97 Å². The fraction of sp³-hybridized carbons (Fsp3) is 0.316. The molecule has 0 radical (unpaired) electrons. The molecule has 4 rings (SSSR count). The Morgan fingerprint density at radius 1 is 1.00 bits per heavy atom. The fourth-order valence-corrected chi connectivity index (χ4v) is 3.37. The maximum Gasteiger partial charge on any atom is 0.254 e. The molecule has 1 aliphatic heterocycles. The number of rotatable bonds is 3. The summed E-state index contributed by atoms with van der Waals surface area (Å²) in [4.78, 5) is 36.2. The number of anilines is 3. The van der Waals surface area contributed by atoms with Crippen molar-refractivity contribution in [2.24, 2.45) is 0 Å². The fourth-order valence-electron chi connectivity index (χ4n) is 3.37. The van der Waals surface area contributed by atoms with Crippen LogP contribution in [0.1, 0.15) is 11.4 Å². The van der Waals surface area contributed by atoms with Gasteiger partial charge in [0.25, 0.3) is 5.56 Å². The summed E-state index contributed by atoms with van der Waals surface area (Å²) in [5, 5.41) is 0. The molecule has 1 aliphatic rings. The van der Waals surface area contributed by atoms with Gasteiger partial charge in [-0.3, -0.25) is 14.8 Å². The summed E-state index contributed by atoms with van der Waals surface area (Å²) in [5.74, 6) is 1.41. The van der Waals surface area contributed by atoms with E-state index in [0.717, 1.165) is 35.7 Å². The minimum atomic E-state index is -0.247. The molecule has 9 heteroatoms. The summed E-state index contributed by atoms with van der Waals surface area (Å²) in [6, 6.07) is 7.41. The van der Waals surface area contributed by atoms with Crippen LogP contribution in [-0.4, -0.2) is 51.1 Å². The molecule has 1 fully saturated rings. The van der Waals surface area contributed by atoms with E-state index in [1.807, 2.05) is 36.9 Å². The highest BCUT2D eigenvalue weighted by atomic mass is 16.1. The van der Waals surface area contributed by atoms with Crippen molar-refractivity contribution >= 4 is 17.7 Å². The first-order valence-electron chi connectivity index (χ1n) is 9.14.